The summed E-state index contributed by atoms with van der Waals surface area (Å²) in [5.74, 6) is 0. The predicted molar refractivity (Wildman–Crippen MR) is 85.7 cm³/mol. The molecule has 2 aromatic rings. The number of halogens is 8. The smallest absolute Gasteiger partial charge is 0.396 e. The van der Waals surface area contributed by atoms with Crippen LogP contribution in [0.25, 0.3) is 5.57 Å². The Morgan fingerprint density at radius 3 is 2.29 bits per heavy atom. The van der Waals surface area contributed by atoms with Gasteiger partial charge in [0.2, 0.25) is 0 Å². The molecule has 0 bridgehead atoms. The molecule has 2 nitrogen and oxygen atoms in total. The summed E-state index contributed by atoms with van der Waals surface area (Å²) in [5.41, 5.74) is -4.26. The third kappa shape index (κ3) is 2.60. The lowest BCUT2D eigenvalue weighted by Crippen LogP contribution is -2.49. The molecular formula is C17H9BF8N2. The summed E-state index contributed by atoms with van der Waals surface area (Å²) in [5, 5.41) is 0. The summed E-state index contributed by atoms with van der Waals surface area (Å²) in [6.45, 7) is -4.33. The van der Waals surface area contributed by atoms with E-state index in [1.165, 1.54) is 24.3 Å². The molecule has 4 rings (SSSR count). The van der Waals surface area contributed by atoms with E-state index in [2.05, 4.69) is 0 Å². The maximum absolute atomic E-state index is 14.7. The molecule has 2 aliphatic rings. The first-order valence-corrected chi connectivity index (χ1v) is 7.95. The van der Waals surface area contributed by atoms with E-state index in [0.29, 0.717) is 21.1 Å². The first-order chi connectivity index (χ1) is 12.9. The second-order valence-electron chi connectivity index (χ2n) is 6.32. The van der Waals surface area contributed by atoms with Crippen LogP contribution in [-0.4, -0.2) is 22.1 Å². The van der Waals surface area contributed by atoms with Crippen LogP contribution in [0.15, 0.2) is 54.4 Å². The van der Waals surface area contributed by atoms with Crippen molar-refractivity contribution in [1.82, 2.24) is 4.48 Å². The molecule has 0 amide bonds. The van der Waals surface area contributed by atoms with Crippen LogP contribution in [0, 0.1) is 0 Å². The highest BCUT2D eigenvalue weighted by Gasteiger charge is 2.52. The third-order valence-corrected chi connectivity index (χ3v) is 4.66. The lowest BCUT2D eigenvalue weighted by molar-refractivity contribution is -0.356. The number of hydrogen-bond donors (Lipinski definition) is 0. The van der Waals surface area contributed by atoms with Crippen molar-refractivity contribution in [3.8, 4) is 0 Å². The van der Waals surface area contributed by atoms with Crippen molar-refractivity contribution in [3.63, 3.8) is 0 Å². The van der Waals surface area contributed by atoms with Crippen LogP contribution in [0.1, 0.15) is 22.4 Å². The van der Waals surface area contributed by atoms with E-state index in [0.717, 1.165) is 12.4 Å². The molecule has 146 valence electrons. The fourth-order valence-corrected chi connectivity index (χ4v) is 3.47. The van der Waals surface area contributed by atoms with Crippen LogP contribution < -0.4 is 0 Å². The minimum atomic E-state index is -5.12. The number of nitrogens with zero attached hydrogens (tertiary/aromatic N) is 2. The molecule has 0 radical (unpaired) electrons. The number of fused-ring (bicyclic) bond motifs is 2. The molecule has 1 aromatic carbocycles. The van der Waals surface area contributed by atoms with Crippen molar-refractivity contribution < 1.29 is 39.5 Å². The van der Waals surface area contributed by atoms with Crippen molar-refractivity contribution in [2.45, 2.75) is 12.4 Å². The van der Waals surface area contributed by atoms with Crippen LogP contribution in [0.4, 0.5) is 35.0 Å². The number of alkyl halides is 6. The van der Waals surface area contributed by atoms with Crippen LogP contribution >= 0.6 is 0 Å². The summed E-state index contributed by atoms with van der Waals surface area (Å²) in [4.78, 5) is 0. The number of allylic oxidation sites excluding steroid dienone is 2. The van der Waals surface area contributed by atoms with Crippen LogP contribution in [0.3, 0.4) is 0 Å². The van der Waals surface area contributed by atoms with E-state index < -0.39 is 36.0 Å². The van der Waals surface area contributed by atoms with Gasteiger partial charge in [-0.05, 0) is 30.5 Å². The Hall–Kier alpha value is -2.85. The fraction of sp³-hybridized carbons (Fsp3) is 0.118. The van der Waals surface area contributed by atoms with Crippen molar-refractivity contribution >= 4 is 18.8 Å². The summed E-state index contributed by atoms with van der Waals surface area (Å²) in [6.07, 6.45) is -5.60. The van der Waals surface area contributed by atoms with E-state index in [9.17, 15) is 35.0 Å². The van der Waals surface area contributed by atoms with Gasteiger partial charge in [0, 0.05) is 23.4 Å². The van der Waals surface area contributed by atoms with Gasteiger partial charge in [-0.2, -0.15) is 26.3 Å². The van der Waals surface area contributed by atoms with Gasteiger partial charge in [-0.1, -0.05) is 6.07 Å². The molecule has 3 heterocycles. The van der Waals surface area contributed by atoms with Crippen molar-refractivity contribution in [2.24, 2.45) is 0 Å². The summed E-state index contributed by atoms with van der Waals surface area (Å²) in [6, 6.07) is 3.64. The van der Waals surface area contributed by atoms with Gasteiger partial charge in [-0.15, -0.1) is 0 Å². The zero-order valence-corrected chi connectivity index (χ0v) is 13.7. The monoisotopic (exact) mass is 404 g/mol. The Kier molecular flexibility index (Phi) is 3.69. The van der Waals surface area contributed by atoms with Gasteiger partial charge in [0.25, 0.3) is 0 Å². The highest BCUT2D eigenvalue weighted by Crippen LogP contribution is 2.44. The number of aromatic nitrogens is 1. The Morgan fingerprint density at radius 2 is 1.64 bits per heavy atom. The normalized spacial score (nSPS) is 18.2. The maximum atomic E-state index is 14.7. The van der Waals surface area contributed by atoms with E-state index in [4.69, 9.17) is 0 Å². The molecule has 11 heteroatoms. The van der Waals surface area contributed by atoms with Gasteiger partial charge >= 0.3 is 19.3 Å². The predicted octanol–water partition coefficient (Wildman–Crippen LogP) is 5.17. The SMILES string of the molecule is F[B-]1(F)n2cccc2C(c2ccc(C(F)(F)F)cc2C(F)(F)F)=C2C=CC=[N+]21. The Morgan fingerprint density at radius 1 is 0.929 bits per heavy atom. The minimum absolute atomic E-state index is 0.000779. The topological polar surface area (TPSA) is 7.94 Å². The minimum Gasteiger partial charge on any atom is -0.396 e. The van der Waals surface area contributed by atoms with E-state index in [1.807, 2.05) is 0 Å². The molecule has 0 unspecified atom stereocenters. The molecule has 0 N–H and O–H groups in total. The molecule has 0 atom stereocenters. The summed E-state index contributed by atoms with van der Waals surface area (Å²) < 4.78 is 110. The average Bonchev–Trinajstić information content (AvgIpc) is 3.23. The van der Waals surface area contributed by atoms with Gasteiger partial charge in [0.15, 0.2) is 5.70 Å². The second kappa shape index (κ2) is 5.58. The highest BCUT2D eigenvalue weighted by molar-refractivity contribution is 6.57. The van der Waals surface area contributed by atoms with Gasteiger partial charge in [0.1, 0.15) is 6.21 Å². The molecule has 0 saturated carbocycles. The largest absolute Gasteiger partial charge is 0.737 e. The average molecular weight is 404 g/mol. The molecule has 0 saturated heterocycles. The van der Waals surface area contributed by atoms with Crippen LogP contribution in [0.2, 0.25) is 0 Å². The molecule has 28 heavy (non-hydrogen) atoms. The van der Waals surface area contributed by atoms with E-state index in [1.54, 1.807) is 0 Å². The number of hydrogen-bond acceptors (Lipinski definition) is 0. The second-order valence-corrected chi connectivity index (χ2v) is 6.32. The molecule has 2 aliphatic heterocycles. The lowest BCUT2D eigenvalue weighted by atomic mass is 9.85. The van der Waals surface area contributed by atoms with E-state index >= 15 is 0 Å². The molecular weight excluding hydrogens is 395 g/mol. The van der Waals surface area contributed by atoms with Crippen LogP contribution in [-0.2, 0) is 12.4 Å². The Balaban J connectivity index is 2.05. The third-order valence-electron chi connectivity index (χ3n) is 4.66. The lowest BCUT2D eigenvalue weighted by Gasteiger charge is -2.31. The van der Waals surface area contributed by atoms with Gasteiger partial charge in [-0.3, -0.25) is 0 Å². The van der Waals surface area contributed by atoms with Crippen molar-refractivity contribution in [2.75, 3.05) is 0 Å². The maximum Gasteiger partial charge on any atom is 0.737 e. The summed E-state index contributed by atoms with van der Waals surface area (Å²) >= 11 is 0. The molecule has 0 spiro atoms. The Labute approximate surface area is 152 Å². The summed E-state index contributed by atoms with van der Waals surface area (Å²) in [7, 11) is 0. The highest BCUT2D eigenvalue weighted by atomic mass is 19.4. The number of benzene rings is 1. The molecule has 0 fully saturated rings. The quantitative estimate of drug-likeness (QED) is 0.458. The first-order valence-electron chi connectivity index (χ1n) is 7.95. The first kappa shape index (κ1) is 18.5. The van der Waals surface area contributed by atoms with Gasteiger partial charge in [0.05, 0.1) is 16.7 Å². The van der Waals surface area contributed by atoms with Gasteiger partial charge < -0.3 is 17.6 Å². The van der Waals surface area contributed by atoms with Crippen LogP contribution in [0.5, 0.6) is 0 Å². The van der Waals surface area contributed by atoms with Gasteiger partial charge in [-0.25, -0.2) is 0 Å². The molecule has 1 aromatic heterocycles. The molecule has 0 aliphatic carbocycles. The fourth-order valence-electron chi connectivity index (χ4n) is 3.47. The zero-order chi connectivity index (χ0) is 20.5. The number of rotatable bonds is 1. The Bertz CT molecular complexity index is 1070. The van der Waals surface area contributed by atoms with E-state index in [-0.39, 0.29) is 23.0 Å². The standard InChI is InChI=1S/C17H9BF8N2/c19-16(20,21)10-5-6-11(12(9-10)17(22,23)24)15-13-3-1-7-27(13)18(25,26)28-8-2-4-14(15)28/h1-9H. The van der Waals surface area contributed by atoms with Crippen molar-refractivity contribution in [3.05, 3.63) is 76.8 Å². The zero-order valence-electron chi connectivity index (χ0n) is 13.7. The van der Waals surface area contributed by atoms with Crippen molar-refractivity contribution in [1.29, 1.82) is 0 Å².